The van der Waals surface area contributed by atoms with Crippen molar-refractivity contribution in [1.29, 1.82) is 0 Å². The Hall–Kier alpha value is -3.06. The van der Waals surface area contributed by atoms with Crippen molar-refractivity contribution < 1.29 is 27.2 Å². The minimum absolute atomic E-state index is 0. The van der Waals surface area contributed by atoms with E-state index in [0.29, 0.717) is 5.69 Å². The molecule has 7 heteroatoms. The van der Waals surface area contributed by atoms with Gasteiger partial charge in [-0.3, -0.25) is 0 Å². The fraction of sp³-hybridized carbons (Fsp3) is 0.211. The molecule has 0 amide bonds. The first-order valence-electron chi connectivity index (χ1n) is 16.0. The van der Waals surface area contributed by atoms with Crippen molar-refractivity contribution in [2.75, 3.05) is 0 Å². The molecule has 1 saturated carbocycles. The van der Waals surface area contributed by atoms with E-state index in [9.17, 15) is 4.39 Å². The van der Waals surface area contributed by atoms with E-state index in [1.807, 2.05) is 36.5 Å². The van der Waals surface area contributed by atoms with E-state index >= 15 is 0 Å². The van der Waals surface area contributed by atoms with Crippen molar-refractivity contribution in [2.45, 2.75) is 45.3 Å². The Kier molecular flexibility index (Phi) is 8.71. The molecular formula is C38H33FIrN2S2Si-2. The number of thiophene rings is 2. The van der Waals surface area contributed by atoms with Gasteiger partial charge in [-0.2, -0.15) is 11.3 Å². The van der Waals surface area contributed by atoms with Crippen molar-refractivity contribution in [3.63, 3.8) is 0 Å². The van der Waals surface area contributed by atoms with Crippen LogP contribution in [0, 0.1) is 23.9 Å². The average molecular weight is 823 g/mol. The Balaban J connectivity index is 0.000000194. The molecule has 7 aromatic rings. The van der Waals surface area contributed by atoms with Gasteiger partial charge in [0.2, 0.25) is 0 Å². The van der Waals surface area contributed by atoms with Gasteiger partial charge in [-0.1, -0.05) is 80.7 Å². The van der Waals surface area contributed by atoms with E-state index in [1.54, 1.807) is 28.7 Å². The Bertz CT molecular complexity index is 2170. The fourth-order valence-corrected chi connectivity index (χ4v) is 9.15. The molecule has 0 unspecified atom stereocenters. The van der Waals surface area contributed by atoms with Gasteiger partial charge in [0.1, 0.15) is 5.82 Å². The largest absolute Gasteiger partial charge is 0.305 e. The fourth-order valence-electron chi connectivity index (χ4n) is 5.37. The number of aromatic nitrogens is 2. The molecule has 8 rings (SSSR count). The number of halogens is 1. The van der Waals surface area contributed by atoms with E-state index in [-0.39, 0.29) is 31.6 Å². The quantitative estimate of drug-likeness (QED) is 0.128. The molecule has 0 atom stereocenters. The number of pyridine rings is 2. The van der Waals surface area contributed by atoms with Crippen LogP contribution in [0.5, 0.6) is 0 Å². The first kappa shape index (κ1) is 29.3. The van der Waals surface area contributed by atoms with Crippen LogP contribution in [0.25, 0.3) is 52.1 Å². The van der Waals surface area contributed by atoms with Gasteiger partial charge in [0.25, 0.3) is 0 Å². The molecule has 4 aromatic heterocycles. The van der Waals surface area contributed by atoms with E-state index < -0.39 is 20.3 Å². The molecule has 3 aromatic carbocycles. The Morgan fingerprint density at radius 1 is 0.844 bits per heavy atom. The minimum Gasteiger partial charge on any atom is -0.305 e. The summed E-state index contributed by atoms with van der Waals surface area (Å²) in [6.07, 6.45) is 4.12. The molecule has 0 N–H and O–H groups in total. The van der Waals surface area contributed by atoms with Crippen LogP contribution in [-0.4, -0.2) is 18.0 Å². The topological polar surface area (TPSA) is 25.8 Å². The third-order valence-corrected chi connectivity index (χ3v) is 12.8. The van der Waals surface area contributed by atoms with Crippen LogP contribution in [0.2, 0.25) is 19.6 Å². The van der Waals surface area contributed by atoms with Crippen LogP contribution in [0.4, 0.5) is 4.39 Å². The standard InChI is InChI=1S/C24H17FNS2.C14H16NSi.Ir/c25-19-13-26-20(12-15(19)11-14-5-3-6-14)16-8-4-9-18-22(16)28-23-17-7-1-2-10-21(17)27-24(18)23;1-16(2,3)13-9-10-14(15-11-13)12-7-5-4-6-8-12;/h1-2,4,7,9-10,12-14H,3,5-6,11H2;4-7,9-11H,1-3H3;/q2*-1;/i11D2;;. The maximum atomic E-state index is 14.6. The second-order valence-electron chi connectivity index (χ2n) is 12.2. The van der Waals surface area contributed by atoms with Crippen LogP contribution in [0.3, 0.4) is 0 Å². The van der Waals surface area contributed by atoms with Crippen LogP contribution in [0.1, 0.15) is 27.6 Å². The molecule has 45 heavy (non-hydrogen) atoms. The zero-order chi connectivity index (χ0) is 32.1. The molecule has 0 aliphatic heterocycles. The van der Waals surface area contributed by atoms with Crippen molar-refractivity contribution in [3.8, 4) is 22.5 Å². The average Bonchev–Trinajstić information content (AvgIpc) is 3.57. The van der Waals surface area contributed by atoms with Crippen molar-refractivity contribution in [2.24, 2.45) is 5.92 Å². The first-order valence-corrected chi connectivity index (χ1v) is 20.1. The third-order valence-electron chi connectivity index (χ3n) is 8.14. The van der Waals surface area contributed by atoms with E-state index in [1.165, 1.54) is 30.9 Å². The first-order chi connectivity index (χ1) is 22.1. The number of benzene rings is 3. The van der Waals surface area contributed by atoms with E-state index in [4.69, 9.17) is 2.74 Å². The van der Waals surface area contributed by atoms with Gasteiger partial charge in [0.15, 0.2) is 0 Å². The van der Waals surface area contributed by atoms with Crippen LogP contribution >= 0.6 is 22.7 Å². The molecule has 1 fully saturated rings. The van der Waals surface area contributed by atoms with Gasteiger partial charge in [0.05, 0.1) is 14.3 Å². The molecule has 2 nitrogen and oxygen atoms in total. The molecule has 1 radical (unpaired) electrons. The van der Waals surface area contributed by atoms with Gasteiger partial charge >= 0.3 is 0 Å². The SMILES string of the molecule is C[Si](C)(C)c1ccc(-c2[c-]cccc2)nc1.[2H]C([2H])(c1cc(-c2[c-]ccc3c2sc2c4ccccc4sc32)ncc1F)C1CCC1.[Ir]. The van der Waals surface area contributed by atoms with Crippen LogP contribution in [-0.2, 0) is 26.5 Å². The molecule has 229 valence electrons. The summed E-state index contributed by atoms with van der Waals surface area (Å²) in [5.74, 6) is -0.693. The minimum atomic E-state index is -1.68. The normalized spacial score (nSPS) is 14.3. The number of rotatable bonds is 5. The molecule has 4 heterocycles. The summed E-state index contributed by atoms with van der Waals surface area (Å²) in [5.41, 5.74) is 3.58. The number of hydrogen-bond acceptors (Lipinski definition) is 4. The Morgan fingerprint density at radius 2 is 1.62 bits per heavy atom. The zero-order valence-electron chi connectivity index (χ0n) is 27.3. The Labute approximate surface area is 289 Å². The van der Waals surface area contributed by atoms with Crippen LogP contribution < -0.4 is 5.19 Å². The molecule has 0 saturated heterocycles. The summed E-state index contributed by atoms with van der Waals surface area (Å²) in [6, 6.07) is 32.7. The van der Waals surface area contributed by atoms with E-state index in [0.717, 1.165) is 46.2 Å². The predicted octanol–water partition coefficient (Wildman–Crippen LogP) is 10.7. The summed E-state index contributed by atoms with van der Waals surface area (Å²) >= 11 is 3.49. The Morgan fingerprint density at radius 3 is 2.33 bits per heavy atom. The third kappa shape index (κ3) is 6.60. The van der Waals surface area contributed by atoms with Gasteiger partial charge in [-0.25, -0.2) is 4.39 Å². The van der Waals surface area contributed by atoms with Gasteiger partial charge in [0, 0.05) is 48.5 Å². The number of fused-ring (bicyclic) bond motifs is 5. The summed E-state index contributed by atoms with van der Waals surface area (Å²) in [5, 5.41) is 3.80. The predicted molar refractivity (Wildman–Crippen MR) is 189 cm³/mol. The molecule has 0 bridgehead atoms. The van der Waals surface area contributed by atoms with Crippen molar-refractivity contribution >= 4 is 65.5 Å². The van der Waals surface area contributed by atoms with Crippen LogP contribution in [0.15, 0.2) is 91.3 Å². The molecule has 0 spiro atoms. The maximum absolute atomic E-state index is 14.6. The molecular weight excluding hydrogens is 788 g/mol. The second kappa shape index (κ2) is 13.3. The van der Waals surface area contributed by atoms with Gasteiger partial charge in [-0.15, -0.1) is 71.0 Å². The summed E-state index contributed by atoms with van der Waals surface area (Å²) < 4.78 is 36.5. The number of hydrogen-bond donors (Lipinski definition) is 0. The number of nitrogens with zero attached hydrogens (tertiary/aromatic N) is 2. The second-order valence-corrected chi connectivity index (χ2v) is 19.4. The zero-order valence-corrected chi connectivity index (χ0v) is 30.3. The molecule has 1 aliphatic rings. The monoisotopic (exact) mass is 823 g/mol. The van der Waals surface area contributed by atoms with Gasteiger partial charge < -0.3 is 9.97 Å². The molecule has 1 aliphatic carbocycles. The van der Waals surface area contributed by atoms with Crippen molar-refractivity contribution in [3.05, 3.63) is 115 Å². The van der Waals surface area contributed by atoms with Gasteiger partial charge in [-0.05, 0) is 45.2 Å². The smallest absolute Gasteiger partial charge is 0.142 e. The van der Waals surface area contributed by atoms with E-state index in [2.05, 4.69) is 84.2 Å². The summed E-state index contributed by atoms with van der Waals surface area (Å²) in [6.45, 7) is 7.00. The summed E-state index contributed by atoms with van der Waals surface area (Å²) in [4.78, 5) is 8.85. The summed E-state index contributed by atoms with van der Waals surface area (Å²) in [7, 11) is -1.23. The van der Waals surface area contributed by atoms with Crippen molar-refractivity contribution in [1.82, 2.24) is 9.97 Å². The maximum Gasteiger partial charge on any atom is 0.142 e.